The Labute approximate surface area is 262 Å². The van der Waals surface area contributed by atoms with Crippen molar-refractivity contribution in [3.05, 3.63) is 89.5 Å². The number of aromatic hydroxyl groups is 1. The Kier molecular flexibility index (Phi) is 10.9. The summed E-state index contributed by atoms with van der Waals surface area (Å²) >= 11 is 0. The molecule has 4 rings (SSSR count). The highest BCUT2D eigenvalue weighted by Crippen LogP contribution is 2.34. The lowest BCUT2D eigenvalue weighted by Crippen LogP contribution is -2.33. The maximum absolute atomic E-state index is 12.5. The number of azo groups is 1. The number of phenols is 1. The Morgan fingerprint density at radius 3 is 1.69 bits per heavy atom. The third-order valence-corrected chi connectivity index (χ3v) is 7.13. The van der Waals surface area contributed by atoms with Crippen molar-refractivity contribution in [3.8, 4) is 5.75 Å². The van der Waals surface area contributed by atoms with Gasteiger partial charge in [0, 0.05) is 43.0 Å². The molecule has 11 heteroatoms. The van der Waals surface area contributed by atoms with Crippen molar-refractivity contribution in [2.45, 2.75) is 52.5 Å². The van der Waals surface area contributed by atoms with E-state index in [0.29, 0.717) is 35.0 Å². The SMILES string of the molecule is CC(C)c1cc(CNCC(=O)Nc2ccc(N=Nc3ccc(NC(=O)CCN4C(=O)C=CC4=O)cc3)cc2)cc(C(C)C)c1O. The predicted octanol–water partition coefficient (Wildman–Crippen LogP) is 6.04. The monoisotopic (exact) mass is 610 g/mol. The van der Waals surface area contributed by atoms with Gasteiger partial charge in [0.15, 0.2) is 0 Å². The van der Waals surface area contributed by atoms with Gasteiger partial charge in [-0.25, -0.2) is 0 Å². The van der Waals surface area contributed by atoms with Gasteiger partial charge >= 0.3 is 0 Å². The second-order valence-corrected chi connectivity index (χ2v) is 11.3. The number of nitrogens with one attached hydrogen (secondary N) is 3. The number of carbonyl (C=O) groups excluding carboxylic acids is 4. The van der Waals surface area contributed by atoms with Crippen LogP contribution < -0.4 is 16.0 Å². The molecule has 0 aliphatic carbocycles. The number of phenolic OH excluding ortho intramolecular Hbond substituents is 1. The third-order valence-electron chi connectivity index (χ3n) is 7.13. The molecule has 0 saturated carbocycles. The van der Waals surface area contributed by atoms with Gasteiger partial charge in [0.2, 0.25) is 11.8 Å². The lowest BCUT2D eigenvalue weighted by molar-refractivity contribution is -0.137. The molecule has 0 saturated heterocycles. The molecule has 4 N–H and O–H groups in total. The minimum Gasteiger partial charge on any atom is -0.507 e. The maximum atomic E-state index is 12.5. The lowest BCUT2D eigenvalue weighted by Gasteiger charge is -2.18. The smallest absolute Gasteiger partial charge is 0.253 e. The number of benzene rings is 3. The van der Waals surface area contributed by atoms with Gasteiger partial charge < -0.3 is 21.1 Å². The minimum absolute atomic E-state index is 0.00814. The zero-order chi connectivity index (χ0) is 32.5. The summed E-state index contributed by atoms with van der Waals surface area (Å²) in [5.41, 5.74) is 5.18. The van der Waals surface area contributed by atoms with E-state index in [1.54, 1.807) is 48.5 Å². The van der Waals surface area contributed by atoms with Crippen LogP contribution in [0.25, 0.3) is 0 Å². The van der Waals surface area contributed by atoms with E-state index in [-0.39, 0.29) is 43.2 Å². The van der Waals surface area contributed by atoms with Crippen LogP contribution in [-0.4, -0.2) is 46.7 Å². The fourth-order valence-corrected chi connectivity index (χ4v) is 4.68. The molecule has 0 aromatic heterocycles. The molecule has 1 heterocycles. The van der Waals surface area contributed by atoms with Gasteiger partial charge in [0.25, 0.3) is 11.8 Å². The van der Waals surface area contributed by atoms with Crippen LogP contribution >= 0.6 is 0 Å². The quantitative estimate of drug-likeness (QED) is 0.137. The van der Waals surface area contributed by atoms with Crippen molar-refractivity contribution in [1.82, 2.24) is 10.2 Å². The molecule has 1 aliphatic heterocycles. The van der Waals surface area contributed by atoms with E-state index < -0.39 is 11.8 Å². The van der Waals surface area contributed by atoms with Crippen molar-refractivity contribution >= 4 is 46.4 Å². The highest BCUT2D eigenvalue weighted by Gasteiger charge is 2.23. The van der Waals surface area contributed by atoms with E-state index in [4.69, 9.17) is 0 Å². The Balaban J connectivity index is 1.21. The second kappa shape index (κ2) is 15.0. The van der Waals surface area contributed by atoms with Crippen molar-refractivity contribution in [2.75, 3.05) is 23.7 Å². The first-order valence-electron chi connectivity index (χ1n) is 14.8. The first-order chi connectivity index (χ1) is 21.5. The summed E-state index contributed by atoms with van der Waals surface area (Å²) in [4.78, 5) is 48.9. The van der Waals surface area contributed by atoms with Crippen LogP contribution in [0.3, 0.4) is 0 Å². The van der Waals surface area contributed by atoms with Crippen molar-refractivity contribution < 1.29 is 24.3 Å². The molecule has 0 bridgehead atoms. The zero-order valence-electron chi connectivity index (χ0n) is 25.8. The van der Waals surface area contributed by atoms with Gasteiger partial charge in [-0.3, -0.25) is 24.1 Å². The first-order valence-corrected chi connectivity index (χ1v) is 14.8. The third kappa shape index (κ3) is 9.16. The molecule has 4 amide bonds. The molecule has 0 atom stereocenters. The minimum atomic E-state index is -0.419. The molecular formula is C34H38N6O5. The molecule has 3 aromatic rings. The Hall–Kier alpha value is -5.16. The fourth-order valence-electron chi connectivity index (χ4n) is 4.68. The highest BCUT2D eigenvalue weighted by atomic mass is 16.3. The van der Waals surface area contributed by atoms with E-state index in [9.17, 15) is 24.3 Å². The van der Waals surface area contributed by atoms with Gasteiger partial charge in [-0.1, -0.05) is 39.8 Å². The lowest BCUT2D eigenvalue weighted by atomic mass is 9.91. The first kappa shape index (κ1) is 32.7. The number of rotatable bonds is 13. The molecule has 234 valence electrons. The summed E-state index contributed by atoms with van der Waals surface area (Å²) in [6.07, 6.45) is 2.36. The van der Waals surface area contributed by atoms with E-state index in [2.05, 4.69) is 26.2 Å². The summed E-state index contributed by atoms with van der Waals surface area (Å²) in [6.45, 7) is 8.83. The normalized spacial score (nSPS) is 13.0. The molecule has 3 aromatic carbocycles. The van der Waals surface area contributed by atoms with Gasteiger partial charge in [-0.15, -0.1) is 0 Å². The topological polar surface area (TPSA) is 153 Å². The number of anilines is 2. The van der Waals surface area contributed by atoms with Gasteiger partial charge in [0.1, 0.15) is 5.75 Å². The second-order valence-electron chi connectivity index (χ2n) is 11.3. The summed E-state index contributed by atoms with van der Waals surface area (Å²) in [5, 5.41) is 27.8. The van der Waals surface area contributed by atoms with Crippen molar-refractivity contribution in [1.29, 1.82) is 0 Å². The van der Waals surface area contributed by atoms with Crippen LogP contribution in [0.5, 0.6) is 5.75 Å². The van der Waals surface area contributed by atoms with Crippen LogP contribution in [0.2, 0.25) is 0 Å². The number of amides is 4. The number of hydrogen-bond acceptors (Lipinski definition) is 8. The Bertz CT molecular complexity index is 1560. The standard InChI is InChI=1S/C34H38N6O5/c1-21(2)28-17-23(18-29(22(3)4)34(28)45)19-35-20-31(42)37-25-7-11-27(12-8-25)39-38-26-9-5-24(6-10-26)36-30(41)15-16-40-32(43)13-14-33(40)44/h5-14,17-18,21-22,35,45H,15-16,19-20H2,1-4H3,(H,36,41)(H,37,42). The number of imide groups is 1. The fraction of sp³-hybridized carbons (Fsp3) is 0.294. The summed E-state index contributed by atoms with van der Waals surface area (Å²) in [5.74, 6) is -0.613. The molecule has 1 aliphatic rings. The van der Waals surface area contributed by atoms with Crippen LogP contribution in [0, 0.1) is 0 Å². The van der Waals surface area contributed by atoms with Crippen molar-refractivity contribution in [2.24, 2.45) is 10.2 Å². The molecule has 45 heavy (non-hydrogen) atoms. The van der Waals surface area contributed by atoms with Crippen LogP contribution in [0.15, 0.2) is 83.0 Å². The number of hydrogen-bond donors (Lipinski definition) is 4. The van der Waals surface area contributed by atoms with E-state index >= 15 is 0 Å². The molecule has 11 nitrogen and oxygen atoms in total. The highest BCUT2D eigenvalue weighted by molar-refractivity contribution is 6.13. The molecule has 0 spiro atoms. The van der Waals surface area contributed by atoms with Crippen LogP contribution in [0.1, 0.15) is 62.6 Å². The van der Waals surface area contributed by atoms with Gasteiger partial charge in [-0.05, 0) is 77.1 Å². The number of nitrogens with zero attached hydrogens (tertiary/aromatic N) is 3. The molecule has 0 radical (unpaired) electrons. The average molecular weight is 611 g/mol. The van der Waals surface area contributed by atoms with Crippen LogP contribution in [0.4, 0.5) is 22.7 Å². The van der Waals surface area contributed by atoms with E-state index in [1.165, 1.54) is 12.2 Å². The largest absolute Gasteiger partial charge is 0.507 e. The predicted molar refractivity (Wildman–Crippen MR) is 173 cm³/mol. The Morgan fingerprint density at radius 1 is 0.756 bits per heavy atom. The molecule has 0 unspecified atom stereocenters. The summed E-state index contributed by atoms with van der Waals surface area (Å²) < 4.78 is 0. The average Bonchev–Trinajstić information content (AvgIpc) is 3.33. The Morgan fingerprint density at radius 2 is 1.22 bits per heavy atom. The van der Waals surface area contributed by atoms with Crippen LogP contribution in [-0.2, 0) is 25.7 Å². The van der Waals surface area contributed by atoms with E-state index in [0.717, 1.165) is 21.6 Å². The van der Waals surface area contributed by atoms with E-state index in [1.807, 2.05) is 39.8 Å². The van der Waals surface area contributed by atoms with Gasteiger partial charge in [0.05, 0.1) is 17.9 Å². The molecular weight excluding hydrogens is 572 g/mol. The maximum Gasteiger partial charge on any atom is 0.253 e. The summed E-state index contributed by atoms with van der Waals surface area (Å²) in [7, 11) is 0. The van der Waals surface area contributed by atoms with Crippen molar-refractivity contribution in [3.63, 3.8) is 0 Å². The molecule has 0 fully saturated rings. The zero-order valence-corrected chi connectivity index (χ0v) is 25.8. The number of carbonyl (C=O) groups is 4. The summed E-state index contributed by atoms with van der Waals surface area (Å²) in [6, 6.07) is 17.7. The van der Waals surface area contributed by atoms with Gasteiger partial charge in [-0.2, -0.15) is 10.2 Å².